The summed E-state index contributed by atoms with van der Waals surface area (Å²) in [4.78, 5) is 47.4. The predicted octanol–water partition coefficient (Wildman–Crippen LogP) is -4.09. The van der Waals surface area contributed by atoms with E-state index in [4.69, 9.17) is 14.6 Å². The molecule has 0 bridgehead atoms. The molecule has 20 heteroatoms. The highest BCUT2D eigenvalue weighted by Gasteiger charge is 2.46. The van der Waals surface area contributed by atoms with Crippen molar-refractivity contribution in [1.82, 2.24) is 9.55 Å². The molecule has 0 aromatic carbocycles. The number of nitrogens with one attached hydrogen (secondary N) is 1. The molecule has 0 spiro atoms. The first-order valence-electron chi connectivity index (χ1n) is 10.3. The summed E-state index contributed by atoms with van der Waals surface area (Å²) < 4.78 is 48.3. The van der Waals surface area contributed by atoms with Gasteiger partial charge in [0.15, 0.2) is 6.29 Å². The van der Waals surface area contributed by atoms with E-state index in [0.717, 1.165) is 4.57 Å². The Labute approximate surface area is 201 Å². The maximum absolute atomic E-state index is 12.1. The third kappa shape index (κ3) is 6.75. The topological polar surface area (TPSA) is 280 Å². The second-order valence-electron chi connectivity index (χ2n) is 8.01. The quantitative estimate of drug-likeness (QED) is 0.141. The fourth-order valence-electron chi connectivity index (χ4n) is 3.45. The largest absolute Gasteiger partial charge is 0.756 e. The van der Waals surface area contributed by atoms with Crippen molar-refractivity contribution in [2.45, 2.75) is 62.5 Å². The van der Waals surface area contributed by atoms with Crippen LogP contribution in [0.25, 0.3) is 0 Å². The van der Waals surface area contributed by atoms with Gasteiger partial charge in [0, 0.05) is 18.2 Å². The summed E-state index contributed by atoms with van der Waals surface area (Å²) in [5.41, 5.74) is -1.29. The number of aryl methyl sites for hydroxylation is 1. The van der Waals surface area contributed by atoms with E-state index in [-0.39, 0.29) is 12.0 Å². The van der Waals surface area contributed by atoms with Crippen LogP contribution in [0.5, 0.6) is 0 Å². The summed E-state index contributed by atoms with van der Waals surface area (Å²) in [6.07, 6.45) is -12.5. The number of H-pyrrole nitrogens is 1. The summed E-state index contributed by atoms with van der Waals surface area (Å²) in [5.74, 6) is 0. The Morgan fingerprint density at radius 3 is 2.44 bits per heavy atom. The van der Waals surface area contributed by atoms with Gasteiger partial charge in [0.1, 0.15) is 36.7 Å². The number of aromatic nitrogens is 2. The van der Waals surface area contributed by atoms with Crippen molar-refractivity contribution in [3.05, 3.63) is 32.6 Å². The third-order valence-electron chi connectivity index (χ3n) is 5.35. The predicted molar refractivity (Wildman–Crippen MR) is 110 cm³/mol. The summed E-state index contributed by atoms with van der Waals surface area (Å²) in [7, 11) is -11.2. The Hall–Kier alpha value is -1.34. The fourth-order valence-corrected chi connectivity index (χ4v) is 5.57. The van der Waals surface area contributed by atoms with Crippen molar-refractivity contribution < 1.29 is 67.3 Å². The van der Waals surface area contributed by atoms with Gasteiger partial charge in [-0.05, 0) is 6.92 Å². The first-order chi connectivity index (χ1) is 16.6. The van der Waals surface area contributed by atoms with E-state index in [1.807, 2.05) is 4.98 Å². The lowest BCUT2D eigenvalue weighted by molar-refractivity contribution is -0.302. The molecule has 1 aromatic rings. The van der Waals surface area contributed by atoms with Crippen molar-refractivity contribution in [3.63, 3.8) is 0 Å². The average molecular weight is 563 g/mol. The molecule has 2 saturated heterocycles. The van der Waals surface area contributed by atoms with E-state index in [1.54, 1.807) is 0 Å². The fraction of sp³-hybridized carbons (Fsp3) is 0.750. The molecule has 0 amide bonds. The third-order valence-corrected chi connectivity index (χ3v) is 7.91. The van der Waals surface area contributed by atoms with Crippen molar-refractivity contribution >= 4 is 15.6 Å². The van der Waals surface area contributed by atoms with E-state index in [1.165, 1.54) is 13.1 Å². The van der Waals surface area contributed by atoms with Crippen LogP contribution < -0.4 is 16.1 Å². The first-order valence-corrected chi connectivity index (χ1v) is 13.2. The molecule has 18 nitrogen and oxygen atoms in total. The van der Waals surface area contributed by atoms with Crippen LogP contribution in [0.4, 0.5) is 0 Å². The van der Waals surface area contributed by atoms with Gasteiger partial charge in [0.2, 0.25) is 0 Å². The Kier molecular flexibility index (Phi) is 9.08. The van der Waals surface area contributed by atoms with Crippen LogP contribution in [-0.2, 0) is 32.0 Å². The molecule has 0 radical (unpaired) electrons. The van der Waals surface area contributed by atoms with Crippen LogP contribution in [0, 0.1) is 6.92 Å². The molecule has 0 aliphatic carbocycles. The minimum atomic E-state index is -5.79. The zero-order chi connectivity index (χ0) is 27.0. The molecule has 7 N–H and O–H groups in total. The summed E-state index contributed by atoms with van der Waals surface area (Å²) in [5, 5.41) is 48.4. The van der Waals surface area contributed by atoms with Gasteiger partial charge in [-0.25, -0.2) is 13.7 Å². The number of rotatable bonds is 9. The highest BCUT2D eigenvalue weighted by atomic mass is 31.3. The number of phosphoric acid groups is 2. The summed E-state index contributed by atoms with van der Waals surface area (Å²) in [6.45, 7) is -0.359. The van der Waals surface area contributed by atoms with Crippen molar-refractivity contribution in [1.29, 1.82) is 0 Å². The number of aromatic amines is 1. The van der Waals surface area contributed by atoms with Crippen molar-refractivity contribution in [3.8, 4) is 0 Å². The normalized spacial score (nSPS) is 36.3. The monoisotopic (exact) mass is 563 g/mol. The van der Waals surface area contributed by atoms with Gasteiger partial charge in [0.25, 0.3) is 13.4 Å². The molecule has 1 aromatic heterocycles. The molecule has 4 unspecified atom stereocenters. The van der Waals surface area contributed by atoms with E-state index in [0.29, 0.717) is 0 Å². The highest BCUT2D eigenvalue weighted by Crippen LogP contribution is 2.59. The van der Waals surface area contributed by atoms with Gasteiger partial charge in [0.05, 0.1) is 19.3 Å². The standard InChI is InChI=1S/C16H26N2O16P2/c1-6-3-18(16(25)17-14(6)24)10-2-7(20)9(31-10)5-30-35(26,27)34-36(28,29)33-15-13(23)12(22)11(21)8(4-19)32-15/h3,7-13,15,19-23H,2,4-5H2,1H3,(H,26,27)(H,28,29)(H,17,24,25)/p-1/t7-,8?,9-,10-,11-,12+,13?,15+/m1/s1. The van der Waals surface area contributed by atoms with Crippen molar-refractivity contribution in [2.75, 3.05) is 13.2 Å². The molecule has 3 heterocycles. The average Bonchev–Trinajstić information content (AvgIpc) is 3.14. The molecule has 206 valence electrons. The van der Waals surface area contributed by atoms with Crippen LogP contribution in [-0.4, -0.2) is 96.1 Å². The number of hydrogen-bond donors (Lipinski definition) is 7. The van der Waals surface area contributed by atoms with Crippen molar-refractivity contribution in [2.24, 2.45) is 0 Å². The Morgan fingerprint density at radius 1 is 1.14 bits per heavy atom. The lowest BCUT2D eigenvalue weighted by Crippen LogP contribution is -2.59. The SMILES string of the molecule is Cc1cn([C@H]2C[C@@H](O)[C@@H](COP(=O)(O)OP(=O)([O-])O[C@@H]3OC(CO)[C@@H](O)[C@H](O)C3O)O2)c(=O)[nH]c1=O. The van der Waals surface area contributed by atoms with Gasteiger partial charge in [-0.3, -0.25) is 28.0 Å². The molecule has 0 saturated carbocycles. The van der Waals surface area contributed by atoms with Crippen LogP contribution in [0.2, 0.25) is 0 Å². The van der Waals surface area contributed by atoms with E-state index >= 15 is 0 Å². The summed E-state index contributed by atoms with van der Waals surface area (Å²) >= 11 is 0. The number of phosphoric ester groups is 2. The smallest absolute Gasteiger partial charge is 0.478 e. The molecule has 2 aliphatic heterocycles. The lowest BCUT2D eigenvalue weighted by atomic mass is 10.00. The van der Waals surface area contributed by atoms with Crippen LogP contribution in [0.1, 0.15) is 18.2 Å². The minimum absolute atomic E-state index is 0.172. The van der Waals surface area contributed by atoms with Crippen LogP contribution in [0.3, 0.4) is 0 Å². The number of nitrogens with zero attached hydrogens (tertiary/aromatic N) is 1. The number of aliphatic hydroxyl groups is 5. The van der Waals surface area contributed by atoms with Gasteiger partial charge in [-0.1, -0.05) is 0 Å². The molecule has 36 heavy (non-hydrogen) atoms. The zero-order valence-corrected chi connectivity index (χ0v) is 20.2. The first kappa shape index (κ1) is 29.2. The van der Waals surface area contributed by atoms with Crippen LogP contribution in [0.15, 0.2) is 15.8 Å². The second kappa shape index (κ2) is 11.2. The van der Waals surface area contributed by atoms with Crippen LogP contribution >= 0.6 is 15.6 Å². The molecule has 3 rings (SSSR count). The maximum atomic E-state index is 12.1. The number of aliphatic hydroxyl groups excluding tert-OH is 5. The van der Waals surface area contributed by atoms with E-state index in [2.05, 4.69) is 13.4 Å². The van der Waals surface area contributed by atoms with Gasteiger partial charge in [-0.15, -0.1) is 0 Å². The molecular formula is C16H25N2O16P2-. The highest BCUT2D eigenvalue weighted by molar-refractivity contribution is 7.60. The minimum Gasteiger partial charge on any atom is -0.756 e. The van der Waals surface area contributed by atoms with Gasteiger partial charge >= 0.3 is 13.5 Å². The Balaban J connectivity index is 1.59. The molecule has 10 atom stereocenters. The maximum Gasteiger partial charge on any atom is 0.478 e. The molecule has 2 fully saturated rings. The molecule has 2 aliphatic rings. The summed E-state index contributed by atoms with van der Waals surface area (Å²) in [6, 6.07) is 0. The Bertz CT molecular complexity index is 1140. The molecular weight excluding hydrogens is 538 g/mol. The van der Waals surface area contributed by atoms with E-state index in [9.17, 15) is 48.9 Å². The number of hydrogen-bond acceptors (Lipinski definition) is 15. The van der Waals surface area contributed by atoms with Gasteiger partial charge < -0.3 is 44.8 Å². The number of ether oxygens (including phenoxy) is 2. The van der Waals surface area contributed by atoms with E-state index < -0.39 is 89.2 Å². The second-order valence-corrected chi connectivity index (χ2v) is 11.0. The lowest BCUT2D eigenvalue weighted by Gasteiger charge is -2.41. The Morgan fingerprint density at radius 2 is 1.81 bits per heavy atom. The van der Waals surface area contributed by atoms with Gasteiger partial charge in [-0.2, -0.15) is 0 Å². The zero-order valence-electron chi connectivity index (χ0n) is 18.4.